The fourth-order valence-electron chi connectivity index (χ4n) is 1.50. The minimum atomic E-state index is -1.16. The highest BCUT2D eigenvalue weighted by molar-refractivity contribution is 7.99. The zero-order chi connectivity index (χ0) is 14.9. The van der Waals surface area contributed by atoms with E-state index in [1.807, 2.05) is 0 Å². The summed E-state index contributed by atoms with van der Waals surface area (Å²) in [6, 6.07) is 4.37. The van der Waals surface area contributed by atoms with Gasteiger partial charge < -0.3 is 5.11 Å². The van der Waals surface area contributed by atoms with Crippen molar-refractivity contribution in [1.82, 2.24) is 9.78 Å². The van der Waals surface area contributed by atoms with Crippen LogP contribution in [0.3, 0.4) is 0 Å². The quantitative estimate of drug-likeness (QED) is 0.688. The van der Waals surface area contributed by atoms with E-state index in [1.165, 1.54) is 23.0 Å². The van der Waals surface area contributed by atoms with Crippen molar-refractivity contribution < 1.29 is 14.8 Å². The van der Waals surface area contributed by atoms with Gasteiger partial charge in [-0.1, -0.05) is 23.4 Å². The van der Waals surface area contributed by atoms with Crippen LogP contribution in [0, 0.1) is 10.1 Å². The summed E-state index contributed by atoms with van der Waals surface area (Å²) in [7, 11) is 1.57. The van der Waals surface area contributed by atoms with Crippen LogP contribution in [0.15, 0.2) is 34.3 Å². The van der Waals surface area contributed by atoms with E-state index in [0.717, 1.165) is 11.8 Å². The average molecular weight is 314 g/mol. The molecule has 0 unspecified atom stereocenters. The van der Waals surface area contributed by atoms with E-state index in [2.05, 4.69) is 5.10 Å². The second kappa shape index (κ2) is 5.51. The Bertz CT molecular complexity index is 701. The molecule has 0 aliphatic heterocycles. The minimum Gasteiger partial charge on any atom is -0.478 e. The number of rotatable bonds is 4. The van der Waals surface area contributed by atoms with Gasteiger partial charge in [0, 0.05) is 11.9 Å². The van der Waals surface area contributed by atoms with Crippen LogP contribution in [0.5, 0.6) is 0 Å². The first kappa shape index (κ1) is 14.4. The van der Waals surface area contributed by atoms with Gasteiger partial charge in [-0.2, -0.15) is 5.10 Å². The molecule has 7 nitrogen and oxygen atoms in total. The summed E-state index contributed by atoms with van der Waals surface area (Å²) in [5, 5.41) is 24.1. The Labute approximate surface area is 122 Å². The van der Waals surface area contributed by atoms with Crippen LogP contribution in [0.2, 0.25) is 5.02 Å². The number of nitro groups is 1. The highest BCUT2D eigenvalue weighted by Crippen LogP contribution is 2.34. The van der Waals surface area contributed by atoms with Crippen LogP contribution in [-0.2, 0) is 7.05 Å². The Morgan fingerprint density at radius 1 is 1.55 bits per heavy atom. The third-order valence-electron chi connectivity index (χ3n) is 2.36. The van der Waals surface area contributed by atoms with Crippen LogP contribution in [-0.4, -0.2) is 25.8 Å². The molecule has 20 heavy (non-hydrogen) atoms. The third-order valence-corrected chi connectivity index (χ3v) is 3.66. The van der Waals surface area contributed by atoms with E-state index in [0.29, 0.717) is 4.90 Å². The van der Waals surface area contributed by atoms with Crippen molar-refractivity contribution in [3.8, 4) is 0 Å². The van der Waals surface area contributed by atoms with Crippen molar-refractivity contribution in [2.45, 2.75) is 9.92 Å². The van der Waals surface area contributed by atoms with Gasteiger partial charge in [0.1, 0.15) is 6.20 Å². The first-order valence-electron chi connectivity index (χ1n) is 5.27. The fourth-order valence-corrected chi connectivity index (χ4v) is 2.63. The summed E-state index contributed by atoms with van der Waals surface area (Å²) in [4.78, 5) is 21.8. The van der Waals surface area contributed by atoms with Crippen molar-refractivity contribution in [2.75, 3.05) is 0 Å². The fraction of sp³-hybridized carbons (Fsp3) is 0.0909. The lowest BCUT2D eigenvalue weighted by Crippen LogP contribution is -1.97. The molecule has 0 spiro atoms. The van der Waals surface area contributed by atoms with Crippen LogP contribution in [0.4, 0.5) is 5.69 Å². The first-order valence-corrected chi connectivity index (χ1v) is 6.46. The second-order valence-corrected chi connectivity index (χ2v) is 5.27. The normalized spacial score (nSPS) is 10.5. The molecule has 0 aliphatic rings. The summed E-state index contributed by atoms with van der Waals surface area (Å²) in [6.45, 7) is 0. The Balaban J connectivity index is 2.38. The molecule has 1 heterocycles. The third kappa shape index (κ3) is 2.91. The van der Waals surface area contributed by atoms with Crippen LogP contribution in [0.1, 0.15) is 10.4 Å². The number of aromatic carboxylic acids is 1. The molecule has 0 aliphatic carbocycles. The topological polar surface area (TPSA) is 98.3 Å². The lowest BCUT2D eigenvalue weighted by atomic mass is 10.2. The van der Waals surface area contributed by atoms with Crippen LogP contribution in [0.25, 0.3) is 0 Å². The van der Waals surface area contributed by atoms with Gasteiger partial charge in [0.2, 0.25) is 5.03 Å². The molecule has 9 heteroatoms. The van der Waals surface area contributed by atoms with Crippen LogP contribution >= 0.6 is 23.4 Å². The van der Waals surface area contributed by atoms with Crippen molar-refractivity contribution in [1.29, 1.82) is 0 Å². The Morgan fingerprint density at radius 2 is 2.25 bits per heavy atom. The van der Waals surface area contributed by atoms with Crippen molar-refractivity contribution in [3.63, 3.8) is 0 Å². The van der Waals surface area contributed by atoms with Crippen molar-refractivity contribution >= 4 is 35.0 Å². The maximum atomic E-state index is 11.0. The molecule has 0 saturated heterocycles. The van der Waals surface area contributed by atoms with E-state index in [-0.39, 0.29) is 21.3 Å². The van der Waals surface area contributed by atoms with Gasteiger partial charge in [0.25, 0.3) is 0 Å². The van der Waals surface area contributed by atoms with Crippen molar-refractivity contribution in [2.24, 2.45) is 7.05 Å². The van der Waals surface area contributed by atoms with Gasteiger partial charge >= 0.3 is 11.7 Å². The molecule has 0 saturated carbocycles. The van der Waals surface area contributed by atoms with Gasteiger partial charge in [-0.3, -0.25) is 14.8 Å². The molecule has 0 bridgehead atoms. The predicted octanol–water partition coefficient (Wildman–Crippen LogP) is 2.83. The summed E-state index contributed by atoms with van der Waals surface area (Å²) in [6.07, 6.45) is 1.29. The SMILES string of the molecule is Cn1cc([N+](=O)[O-])c(Sc2ccc(Cl)c(C(=O)O)c2)n1. The molecule has 2 rings (SSSR count). The minimum absolute atomic E-state index is 0.0600. The number of halogens is 1. The summed E-state index contributed by atoms with van der Waals surface area (Å²) in [5.74, 6) is -1.16. The number of carboxylic acids is 1. The number of hydrogen-bond donors (Lipinski definition) is 1. The maximum Gasteiger partial charge on any atom is 0.337 e. The van der Waals surface area contributed by atoms with E-state index >= 15 is 0 Å². The zero-order valence-electron chi connectivity index (χ0n) is 10.1. The Hall–Kier alpha value is -2.06. The molecular formula is C11H8ClN3O4S. The number of aromatic nitrogens is 2. The van der Waals surface area contributed by atoms with E-state index in [1.54, 1.807) is 13.1 Å². The molecule has 1 N–H and O–H groups in total. The summed E-state index contributed by atoms with van der Waals surface area (Å²) >= 11 is 6.77. The highest BCUT2D eigenvalue weighted by atomic mass is 35.5. The largest absolute Gasteiger partial charge is 0.478 e. The molecule has 0 atom stereocenters. The average Bonchev–Trinajstić information content (AvgIpc) is 2.72. The maximum absolute atomic E-state index is 11.0. The zero-order valence-corrected chi connectivity index (χ0v) is 11.7. The smallest absolute Gasteiger partial charge is 0.337 e. The standard InChI is InChI=1S/C11H8ClN3O4S/c1-14-5-9(15(18)19)10(13-14)20-6-2-3-8(12)7(4-6)11(16)17/h2-5H,1H3,(H,16,17). The Kier molecular flexibility index (Phi) is 3.96. The number of aryl methyl sites for hydroxylation is 1. The number of carboxylic acid groups (broad SMARTS) is 1. The van der Waals surface area contributed by atoms with Crippen molar-refractivity contribution in [3.05, 3.63) is 45.1 Å². The molecular weight excluding hydrogens is 306 g/mol. The summed E-state index contributed by atoms with van der Waals surface area (Å²) in [5.41, 5.74) is -0.195. The van der Waals surface area contributed by atoms with Gasteiger partial charge in [-0.25, -0.2) is 4.79 Å². The predicted molar refractivity (Wildman–Crippen MR) is 72.4 cm³/mol. The van der Waals surface area contributed by atoms with Crippen LogP contribution < -0.4 is 0 Å². The molecule has 2 aromatic rings. The number of nitrogens with zero attached hydrogens (tertiary/aromatic N) is 3. The lowest BCUT2D eigenvalue weighted by Gasteiger charge is -2.02. The molecule has 1 aromatic heterocycles. The molecule has 0 amide bonds. The highest BCUT2D eigenvalue weighted by Gasteiger charge is 2.20. The van der Waals surface area contributed by atoms with E-state index < -0.39 is 10.9 Å². The molecule has 0 fully saturated rings. The first-order chi connectivity index (χ1) is 9.38. The Morgan fingerprint density at radius 3 is 2.85 bits per heavy atom. The van der Waals surface area contributed by atoms with E-state index in [4.69, 9.17) is 16.7 Å². The molecule has 104 valence electrons. The van der Waals surface area contributed by atoms with Gasteiger partial charge in [-0.05, 0) is 18.2 Å². The monoisotopic (exact) mass is 313 g/mol. The van der Waals surface area contributed by atoms with Gasteiger partial charge in [-0.15, -0.1) is 0 Å². The number of hydrogen-bond acceptors (Lipinski definition) is 5. The lowest BCUT2D eigenvalue weighted by molar-refractivity contribution is -0.387. The molecule has 1 aromatic carbocycles. The second-order valence-electron chi connectivity index (χ2n) is 3.80. The van der Waals surface area contributed by atoms with E-state index in [9.17, 15) is 14.9 Å². The number of carbonyl (C=O) groups is 1. The number of benzene rings is 1. The molecule has 0 radical (unpaired) electrons. The van der Waals surface area contributed by atoms with Gasteiger partial charge in [0.05, 0.1) is 15.5 Å². The van der Waals surface area contributed by atoms with Gasteiger partial charge in [0.15, 0.2) is 0 Å². The summed E-state index contributed by atoms with van der Waals surface area (Å²) < 4.78 is 1.33.